The lowest BCUT2D eigenvalue weighted by Gasteiger charge is -2.14. The number of carbonyl (C=O) groups excluding carboxylic acids is 1. The molecule has 0 aliphatic carbocycles. The van der Waals surface area contributed by atoms with Gasteiger partial charge in [0.05, 0.1) is 18.6 Å². The molecular weight excluding hydrogens is 192 g/mol. The highest BCUT2D eigenvalue weighted by molar-refractivity contribution is 5.76. The van der Waals surface area contributed by atoms with E-state index < -0.39 is 0 Å². The Balaban J connectivity index is 3.77. The quantitative estimate of drug-likeness (QED) is 0.697. The van der Waals surface area contributed by atoms with E-state index in [1.54, 1.807) is 7.11 Å². The molecule has 2 atom stereocenters. The van der Waals surface area contributed by atoms with E-state index in [9.17, 15) is 4.79 Å². The molecule has 0 aromatic carbocycles. The zero-order valence-electron chi connectivity index (χ0n) is 9.75. The number of methoxy groups -OCH3 is 1. The second kappa shape index (κ2) is 8.25. The lowest BCUT2D eigenvalue weighted by Crippen LogP contribution is -2.34. The number of ether oxygens (including phenoxy) is 1. The summed E-state index contributed by atoms with van der Waals surface area (Å²) >= 11 is 0. The second-order valence-electron chi connectivity index (χ2n) is 3.62. The molecule has 1 amide bonds. The zero-order chi connectivity index (χ0) is 11.7. The minimum absolute atomic E-state index is 0.000926. The molecule has 0 aliphatic heterocycles. The Morgan fingerprint density at radius 1 is 1.60 bits per heavy atom. The van der Waals surface area contributed by atoms with Crippen LogP contribution in [-0.4, -0.2) is 25.2 Å². The van der Waals surface area contributed by atoms with E-state index in [4.69, 9.17) is 10.00 Å². The van der Waals surface area contributed by atoms with Crippen LogP contribution in [0.15, 0.2) is 0 Å². The van der Waals surface area contributed by atoms with Gasteiger partial charge in [-0.15, -0.1) is 0 Å². The first kappa shape index (κ1) is 13.9. The summed E-state index contributed by atoms with van der Waals surface area (Å²) in [6.07, 6.45) is 2.44. The van der Waals surface area contributed by atoms with Gasteiger partial charge in [0, 0.05) is 19.6 Å². The first-order valence-electron chi connectivity index (χ1n) is 5.33. The molecule has 0 spiro atoms. The Hall–Kier alpha value is -1.08. The van der Waals surface area contributed by atoms with Crippen molar-refractivity contribution in [3.63, 3.8) is 0 Å². The molecular formula is C11H20N2O2. The number of amides is 1. The van der Waals surface area contributed by atoms with Crippen LogP contribution in [0.5, 0.6) is 0 Å². The van der Waals surface area contributed by atoms with Gasteiger partial charge in [0.1, 0.15) is 0 Å². The van der Waals surface area contributed by atoms with Gasteiger partial charge >= 0.3 is 0 Å². The maximum atomic E-state index is 11.4. The molecule has 0 rings (SSSR count). The van der Waals surface area contributed by atoms with Crippen molar-refractivity contribution >= 4 is 5.91 Å². The summed E-state index contributed by atoms with van der Waals surface area (Å²) in [5.74, 6) is 0.000926. The molecule has 0 fully saturated rings. The number of hydrogen-bond donors (Lipinski definition) is 1. The van der Waals surface area contributed by atoms with Crippen molar-refractivity contribution in [2.45, 2.75) is 51.7 Å². The van der Waals surface area contributed by atoms with Gasteiger partial charge in [-0.2, -0.15) is 5.26 Å². The van der Waals surface area contributed by atoms with Gasteiger partial charge in [0.25, 0.3) is 0 Å². The molecule has 2 unspecified atom stereocenters. The van der Waals surface area contributed by atoms with Crippen LogP contribution in [0.4, 0.5) is 0 Å². The van der Waals surface area contributed by atoms with Gasteiger partial charge in [0.15, 0.2) is 0 Å². The summed E-state index contributed by atoms with van der Waals surface area (Å²) in [5.41, 5.74) is 0. The van der Waals surface area contributed by atoms with Crippen molar-refractivity contribution in [1.29, 1.82) is 5.26 Å². The fraction of sp³-hybridized carbons (Fsp3) is 0.818. The first-order valence-corrected chi connectivity index (χ1v) is 5.33. The second-order valence-corrected chi connectivity index (χ2v) is 3.62. The molecule has 1 N–H and O–H groups in total. The van der Waals surface area contributed by atoms with Gasteiger partial charge in [-0.05, 0) is 19.8 Å². The molecule has 0 saturated heterocycles. The van der Waals surface area contributed by atoms with Crippen LogP contribution in [-0.2, 0) is 9.53 Å². The van der Waals surface area contributed by atoms with Crippen LogP contribution in [0.2, 0.25) is 0 Å². The van der Waals surface area contributed by atoms with E-state index >= 15 is 0 Å². The Morgan fingerprint density at radius 3 is 2.73 bits per heavy atom. The predicted octanol–water partition coefficient (Wildman–Crippen LogP) is 1.61. The number of hydrogen-bond acceptors (Lipinski definition) is 3. The summed E-state index contributed by atoms with van der Waals surface area (Å²) in [5, 5.41) is 11.3. The van der Waals surface area contributed by atoms with Gasteiger partial charge < -0.3 is 10.1 Å². The fourth-order valence-electron chi connectivity index (χ4n) is 1.16. The molecule has 0 radical (unpaired) electrons. The average Bonchev–Trinajstić information content (AvgIpc) is 2.25. The lowest BCUT2D eigenvalue weighted by molar-refractivity contribution is -0.122. The molecule has 4 heteroatoms. The first-order chi connectivity index (χ1) is 7.13. The van der Waals surface area contributed by atoms with Gasteiger partial charge in [-0.25, -0.2) is 0 Å². The van der Waals surface area contributed by atoms with E-state index in [0.29, 0.717) is 19.3 Å². The van der Waals surface area contributed by atoms with Gasteiger partial charge in [0.2, 0.25) is 5.91 Å². The minimum atomic E-state index is -0.0136. The molecule has 0 aliphatic rings. The normalized spacial score (nSPS) is 14.0. The van der Waals surface area contributed by atoms with Crippen LogP contribution in [0.3, 0.4) is 0 Å². The Bertz CT molecular complexity index is 223. The van der Waals surface area contributed by atoms with Gasteiger partial charge in [-0.1, -0.05) is 6.92 Å². The highest BCUT2D eigenvalue weighted by atomic mass is 16.5. The van der Waals surface area contributed by atoms with Crippen molar-refractivity contribution < 1.29 is 9.53 Å². The summed E-state index contributed by atoms with van der Waals surface area (Å²) in [4.78, 5) is 11.4. The van der Waals surface area contributed by atoms with Crippen molar-refractivity contribution in [2.24, 2.45) is 0 Å². The largest absolute Gasteiger partial charge is 0.382 e. The van der Waals surface area contributed by atoms with Crippen LogP contribution in [0.25, 0.3) is 0 Å². The smallest absolute Gasteiger partial charge is 0.220 e. The van der Waals surface area contributed by atoms with Crippen molar-refractivity contribution in [3.8, 4) is 6.07 Å². The molecule has 0 bridgehead atoms. The minimum Gasteiger partial charge on any atom is -0.382 e. The van der Waals surface area contributed by atoms with Crippen molar-refractivity contribution in [2.75, 3.05) is 7.11 Å². The summed E-state index contributed by atoms with van der Waals surface area (Å²) in [6, 6.07) is 2.05. The molecule has 0 aromatic heterocycles. The van der Waals surface area contributed by atoms with E-state index in [1.807, 2.05) is 13.8 Å². The fourth-order valence-corrected chi connectivity index (χ4v) is 1.16. The average molecular weight is 212 g/mol. The highest BCUT2D eigenvalue weighted by Gasteiger charge is 2.10. The maximum Gasteiger partial charge on any atom is 0.220 e. The summed E-state index contributed by atoms with van der Waals surface area (Å²) in [7, 11) is 1.63. The Labute approximate surface area is 91.6 Å². The SMILES string of the molecule is CCC(CC#N)NC(=O)CCC(C)OC. The van der Waals surface area contributed by atoms with Crippen LogP contribution in [0, 0.1) is 11.3 Å². The van der Waals surface area contributed by atoms with Crippen LogP contribution in [0.1, 0.15) is 39.5 Å². The van der Waals surface area contributed by atoms with Crippen LogP contribution >= 0.6 is 0 Å². The third-order valence-electron chi connectivity index (χ3n) is 2.38. The monoisotopic (exact) mass is 212 g/mol. The molecule has 0 aromatic rings. The van der Waals surface area contributed by atoms with E-state index in [-0.39, 0.29) is 18.1 Å². The third kappa shape index (κ3) is 6.92. The molecule has 0 heterocycles. The van der Waals surface area contributed by atoms with E-state index in [2.05, 4.69) is 11.4 Å². The highest BCUT2D eigenvalue weighted by Crippen LogP contribution is 2.02. The number of nitriles is 1. The Morgan fingerprint density at radius 2 is 2.27 bits per heavy atom. The molecule has 86 valence electrons. The molecule has 15 heavy (non-hydrogen) atoms. The standard InChI is InChI=1S/C11H20N2O2/c1-4-10(7-8-12)13-11(14)6-5-9(2)15-3/h9-10H,4-7H2,1-3H3,(H,13,14). The van der Waals surface area contributed by atoms with Crippen molar-refractivity contribution in [3.05, 3.63) is 0 Å². The van der Waals surface area contributed by atoms with Crippen molar-refractivity contribution in [1.82, 2.24) is 5.32 Å². The van der Waals surface area contributed by atoms with E-state index in [1.165, 1.54) is 0 Å². The van der Waals surface area contributed by atoms with Gasteiger partial charge in [-0.3, -0.25) is 4.79 Å². The number of nitrogens with one attached hydrogen (secondary N) is 1. The summed E-state index contributed by atoms with van der Waals surface area (Å²) in [6.45, 7) is 3.89. The molecule has 0 saturated carbocycles. The lowest BCUT2D eigenvalue weighted by atomic mass is 10.1. The zero-order valence-corrected chi connectivity index (χ0v) is 9.75. The summed E-state index contributed by atoms with van der Waals surface area (Å²) < 4.78 is 5.05. The van der Waals surface area contributed by atoms with E-state index in [0.717, 1.165) is 6.42 Å². The number of carbonyl (C=O) groups is 1. The molecule has 4 nitrogen and oxygen atoms in total. The Kier molecular flexibility index (Phi) is 7.65. The predicted molar refractivity (Wildman–Crippen MR) is 58.2 cm³/mol. The topological polar surface area (TPSA) is 62.1 Å². The number of nitrogens with zero attached hydrogens (tertiary/aromatic N) is 1. The number of rotatable bonds is 7. The maximum absolute atomic E-state index is 11.4. The van der Waals surface area contributed by atoms with Crippen LogP contribution < -0.4 is 5.32 Å². The third-order valence-corrected chi connectivity index (χ3v) is 2.38.